The first-order chi connectivity index (χ1) is 12.3. The molecule has 0 saturated carbocycles. The Labute approximate surface area is 175 Å². The number of anilines is 1. The third-order valence-corrected chi connectivity index (χ3v) is 3.50. The maximum Gasteiger partial charge on any atom is 0.243 e. The number of rotatable bonds is 7. The number of nitrogens with zero attached hydrogens (tertiary/aromatic N) is 1. The van der Waals surface area contributed by atoms with E-state index in [0.29, 0.717) is 17.3 Å². The molecular formula is C18H23Cl2FN4O3. The minimum absolute atomic E-state index is 0. The zero-order valence-electron chi connectivity index (χ0n) is 15.3. The lowest BCUT2D eigenvalue weighted by Gasteiger charge is -2.15. The van der Waals surface area contributed by atoms with Crippen molar-refractivity contribution in [2.24, 2.45) is 11.7 Å². The third kappa shape index (κ3) is 8.08. The predicted octanol–water partition coefficient (Wildman–Crippen LogP) is 2.89. The van der Waals surface area contributed by atoms with Crippen LogP contribution in [0.15, 0.2) is 42.6 Å². The average Bonchev–Trinajstić information content (AvgIpc) is 2.62. The van der Waals surface area contributed by atoms with E-state index in [0.717, 1.165) is 0 Å². The molecule has 0 spiro atoms. The molecule has 28 heavy (non-hydrogen) atoms. The molecule has 10 heteroatoms. The van der Waals surface area contributed by atoms with Gasteiger partial charge in [-0.15, -0.1) is 24.8 Å². The number of benzene rings is 1. The van der Waals surface area contributed by atoms with E-state index in [2.05, 4.69) is 15.6 Å². The molecule has 1 heterocycles. The number of carbonyl (C=O) groups excluding carboxylic acids is 2. The van der Waals surface area contributed by atoms with Crippen LogP contribution in [-0.4, -0.2) is 29.4 Å². The smallest absolute Gasteiger partial charge is 0.243 e. The number of amides is 2. The van der Waals surface area contributed by atoms with Gasteiger partial charge in [-0.05, 0) is 36.2 Å². The molecule has 0 fully saturated rings. The first kappa shape index (κ1) is 25.6. The number of nitrogens with one attached hydrogen (secondary N) is 2. The summed E-state index contributed by atoms with van der Waals surface area (Å²) in [6.45, 7) is 3.46. The highest BCUT2D eigenvalue weighted by Gasteiger charge is 2.17. The Morgan fingerprint density at radius 1 is 1.14 bits per heavy atom. The van der Waals surface area contributed by atoms with Crippen molar-refractivity contribution in [1.82, 2.24) is 10.3 Å². The minimum Gasteiger partial charge on any atom is -0.439 e. The molecule has 0 aliphatic heterocycles. The van der Waals surface area contributed by atoms with Crippen molar-refractivity contribution in [3.63, 3.8) is 0 Å². The number of ether oxygens (including phenoxy) is 1. The van der Waals surface area contributed by atoms with Gasteiger partial charge in [-0.3, -0.25) is 9.59 Å². The lowest BCUT2D eigenvalue weighted by atomic mass is 10.1. The molecule has 7 nitrogen and oxygen atoms in total. The predicted molar refractivity (Wildman–Crippen MR) is 110 cm³/mol. The van der Waals surface area contributed by atoms with E-state index in [1.54, 1.807) is 12.1 Å². The summed E-state index contributed by atoms with van der Waals surface area (Å²) in [5.41, 5.74) is 6.15. The highest BCUT2D eigenvalue weighted by atomic mass is 35.5. The van der Waals surface area contributed by atoms with Crippen LogP contribution in [0.1, 0.15) is 13.8 Å². The van der Waals surface area contributed by atoms with Gasteiger partial charge in [-0.25, -0.2) is 9.37 Å². The topological polar surface area (TPSA) is 106 Å². The first-order valence-corrected chi connectivity index (χ1v) is 8.08. The summed E-state index contributed by atoms with van der Waals surface area (Å²) >= 11 is 0. The number of halogens is 3. The Morgan fingerprint density at radius 2 is 1.79 bits per heavy atom. The monoisotopic (exact) mass is 432 g/mol. The lowest BCUT2D eigenvalue weighted by Crippen LogP contribution is -2.46. The summed E-state index contributed by atoms with van der Waals surface area (Å²) in [5.74, 6) is -0.411. The number of aromatic nitrogens is 1. The number of hydrogen-bond donors (Lipinski definition) is 3. The second-order valence-electron chi connectivity index (χ2n) is 5.98. The van der Waals surface area contributed by atoms with Crippen LogP contribution in [0.25, 0.3) is 0 Å². The van der Waals surface area contributed by atoms with Gasteiger partial charge in [0.1, 0.15) is 11.6 Å². The maximum atomic E-state index is 12.9. The highest BCUT2D eigenvalue weighted by molar-refractivity contribution is 5.95. The summed E-state index contributed by atoms with van der Waals surface area (Å²) in [4.78, 5) is 27.6. The molecule has 0 unspecified atom stereocenters. The van der Waals surface area contributed by atoms with Gasteiger partial charge >= 0.3 is 0 Å². The summed E-state index contributed by atoms with van der Waals surface area (Å²) < 4.78 is 18.3. The van der Waals surface area contributed by atoms with Crippen molar-refractivity contribution in [3.8, 4) is 11.6 Å². The first-order valence-electron chi connectivity index (χ1n) is 8.08. The molecule has 0 bridgehead atoms. The Bertz CT molecular complexity index is 758. The van der Waals surface area contributed by atoms with Crippen molar-refractivity contribution in [2.75, 3.05) is 11.9 Å². The molecule has 0 radical (unpaired) electrons. The van der Waals surface area contributed by atoms with Crippen LogP contribution in [-0.2, 0) is 9.59 Å². The van der Waals surface area contributed by atoms with E-state index >= 15 is 0 Å². The molecule has 2 aromatic rings. The van der Waals surface area contributed by atoms with E-state index in [1.807, 2.05) is 13.8 Å². The lowest BCUT2D eigenvalue weighted by molar-refractivity contribution is -0.125. The largest absolute Gasteiger partial charge is 0.439 e. The number of carbonyl (C=O) groups is 2. The van der Waals surface area contributed by atoms with Gasteiger partial charge in [0, 0.05) is 6.07 Å². The molecule has 0 aliphatic carbocycles. The molecule has 2 rings (SSSR count). The van der Waals surface area contributed by atoms with E-state index in [4.69, 9.17) is 10.5 Å². The molecule has 2 amide bonds. The molecule has 0 saturated heterocycles. The molecule has 1 aromatic carbocycles. The van der Waals surface area contributed by atoms with Crippen LogP contribution in [0.3, 0.4) is 0 Å². The summed E-state index contributed by atoms with van der Waals surface area (Å²) in [7, 11) is 0. The number of hydrogen-bond acceptors (Lipinski definition) is 5. The van der Waals surface area contributed by atoms with Gasteiger partial charge < -0.3 is 21.1 Å². The van der Waals surface area contributed by atoms with Crippen LogP contribution in [0.4, 0.5) is 10.1 Å². The second kappa shape index (κ2) is 12.1. The van der Waals surface area contributed by atoms with Crippen LogP contribution in [0.5, 0.6) is 11.6 Å². The van der Waals surface area contributed by atoms with Gasteiger partial charge in [0.25, 0.3) is 0 Å². The second-order valence-corrected chi connectivity index (χ2v) is 5.98. The van der Waals surface area contributed by atoms with E-state index in [9.17, 15) is 14.0 Å². The van der Waals surface area contributed by atoms with Gasteiger partial charge in [0.15, 0.2) is 0 Å². The van der Waals surface area contributed by atoms with Gasteiger partial charge in [-0.2, -0.15) is 0 Å². The van der Waals surface area contributed by atoms with Crippen molar-refractivity contribution >= 4 is 42.3 Å². The van der Waals surface area contributed by atoms with Gasteiger partial charge in [0.2, 0.25) is 17.7 Å². The van der Waals surface area contributed by atoms with Crippen LogP contribution in [0, 0.1) is 11.7 Å². The zero-order valence-corrected chi connectivity index (χ0v) is 17.0. The molecule has 1 aromatic heterocycles. The van der Waals surface area contributed by atoms with E-state index < -0.39 is 11.9 Å². The Hall–Kier alpha value is -2.42. The van der Waals surface area contributed by atoms with E-state index in [-0.39, 0.29) is 49.0 Å². The van der Waals surface area contributed by atoms with Gasteiger partial charge in [-0.1, -0.05) is 13.8 Å². The third-order valence-electron chi connectivity index (χ3n) is 3.50. The fourth-order valence-corrected chi connectivity index (χ4v) is 1.93. The molecule has 0 aliphatic rings. The van der Waals surface area contributed by atoms with E-state index in [1.165, 1.54) is 30.5 Å². The Kier molecular flexibility index (Phi) is 11.1. The Morgan fingerprint density at radius 3 is 2.32 bits per heavy atom. The fourth-order valence-electron chi connectivity index (χ4n) is 1.93. The summed E-state index contributed by atoms with van der Waals surface area (Å²) in [6.07, 6.45) is 1.42. The fraction of sp³-hybridized carbons (Fsp3) is 0.278. The maximum absolute atomic E-state index is 12.9. The molecule has 1 atom stereocenters. The molecule has 154 valence electrons. The SMILES string of the molecule is CC(C)[C@H](N)C(=O)NCC(=O)Nc1ccc(Oc2ccc(F)cc2)nc1.Cl.Cl. The molecular weight excluding hydrogens is 410 g/mol. The number of pyridine rings is 1. The quantitative estimate of drug-likeness (QED) is 0.623. The van der Waals surface area contributed by atoms with Crippen molar-refractivity contribution in [1.29, 1.82) is 0 Å². The van der Waals surface area contributed by atoms with Crippen LogP contribution < -0.4 is 21.1 Å². The van der Waals surface area contributed by atoms with Gasteiger partial charge in [0.05, 0.1) is 24.5 Å². The minimum atomic E-state index is -0.660. The molecule has 4 N–H and O–H groups in total. The Balaban J connectivity index is 0.00000364. The van der Waals surface area contributed by atoms with Crippen molar-refractivity contribution in [3.05, 3.63) is 48.4 Å². The van der Waals surface area contributed by atoms with Crippen molar-refractivity contribution in [2.45, 2.75) is 19.9 Å². The zero-order chi connectivity index (χ0) is 19.1. The van der Waals surface area contributed by atoms with Crippen LogP contribution >= 0.6 is 24.8 Å². The highest BCUT2D eigenvalue weighted by Crippen LogP contribution is 2.20. The van der Waals surface area contributed by atoms with Crippen LogP contribution in [0.2, 0.25) is 0 Å². The average molecular weight is 433 g/mol. The van der Waals surface area contributed by atoms with Crippen molar-refractivity contribution < 1.29 is 18.7 Å². The summed E-state index contributed by atoms with van der Waals surface area (Å²) in [5, 5.41) is 5.08. The normalized spacial score (nSPS) is 10.9. The number of nitrogens with two attached hydrogens (primary N) is 1. The standard InChI is InChI=1S/C18H21FN4O3.2ClH/c1-11(2)17(20)18(25)22-10-15(24)23-13-5-8-16(21-9-13)26-14-6-3-12(19)4-7-14;;/h3-9,11,17H,10,20H2,1-2H3,(H,22,25)(H,23,24);2*1H/t17-;;/m0../s1. The summed E-state index contributed by atoms with van der Waals surface area (Å²) in [6, 6.07) is 8.03.